The van der Waals surface area contributed by atoms with Crippen molar-refractivity contribution in [3.8, 4) is 0 Å². The number of methoxy groups -OCH3 is 1. The number of ether oxygens (including phenoxy) is 1. The molecule has 0 unspecified atom stereocenters. The summed E-state index contributed by atoms with van der Waals surface area (Å²) in [6.45, 7) is 4.26. The van der Waals surface area contributed by atoms with Crippen molar-refractivity contribution in [3.63, 3.8) is 0 Å². The Morgan fingerprint density at radius 1 is 1.37 bits per heavy atom. The van der Waals surface area contributed by atoms with Crippen LogP contribution in [-0.4, -0.2) is 38.3 Å². The maximum Gasteiger partial charge on any atom is 0.191 e. The molecule has 6 heteroatoms. The van der Waals surface area contributed by atoms with E-state index in [0.717, 1.165) is 36.9 Å². The summed E-state index contributed by atoms with van der Waals surface area (Å²) in [5.41, 5.74) is 2.03. The summed E-state index contributed by atoms with van der Waals surface area (Å²) in [5, 5.41) is 6.45. The Kier molecular flexibility index (Phi) is 10.5. The molecule has 0 aliphatic carbocycles. The van der Waals surface area contributed by atoms with Crippen LogP contribution >= 0.6 is 24.0 Å². The Morgan fingerprint density at radius 2 is 2.16 bits per heavy atom. The standard InChI is InChI=1S/C13H22N4O.HI/c1-11-6-4-7-12(17-11)10-16-13(14-2)15-8-5-9-18-3;/h4,6-7H,5,8-10H2,1-3H3,(H2,14,15,16);1H. The van der Waals surface area contributed by atoms with Crippen LogP contribution in [0.5, 0.6) is 0 Å². The zero-order chi connectivity index (χ0) is 13.2. The molecule has 2 N–H and O–H groups in total. The van der Waals surface area contributed by atoms with Crippen molar-refractivity contribution in [1.29, 1.82) is 0 Å². The second-order valence-corrected chi connectivity index (χ2v) is 3.97. The van der Waals surface area contributed by atoms with E-state index < -0.39 is 0 Å². The molecule has 19 heavy (non-hydrogen) atoms. The van der Waals surface area contributed by atoms with Gasteiger partial charge in [0.2, 0.25) is 0 Å². The van der Waals surface area contributed by atoms with Crippen molar-refractivity contribution in [2.75, 3.05) is 27.3 Å². The average molecular weight is 378 g/mol. The highest BCUT2D eigenvalue weighted by Crippen LogP contribution is 1.97. The van der Waals surface area contributed by atoms with E-state index in [9.17, 15) is 0 Å². The molecule has 1 heterocycles. The van der Waals surface area contributed by atoms with Crippen LogP contribution in [0.2, 0.25) is 0 Å². The van der Waals surface area contributed by atoms with Crippen molar-refractivity contribution in [3.05, 3.63) is 29.6 Å². The monoisotopic (exact) mass is 378 g/mol. The Hall–Kier alpha value is -0.890. The number of nitrogens with zero attached hydrogens (tertiary/aromatic N) is 2. The number of aryl methyl sites for hydroxylation is 1. The van der Waals surface area contributed by atoms with E-state index in [4.69, 9.17) is 4.74 Å². The van der Waals surface area contributed by atoms with Crippen molar-refractivity contribution >= 4 is 29.9 Å². The number of pyridine rings is 1. The summed E-state index contributed by atoms with van der Waals surface area (Å²) in [5.74, 6) is 0.786. The molecule has 0 spiro atoms. The van der Waals surface area contributed by atoms with Crippen LogP contribution in [0.4, 0.5) is 0 Å². The Bertz CT molecular complexity index is 385. The van der Waals surface area contributed by atoms with Crippen LogP contribution in [0, 0.1) is 6.92 Å². The summed E-state index contributed by atoms with van der Waals surface area (Å²) in [4.78, 5) is 8.57. The van der Waals surface area contributed by atoms with Crippen molar-refractivity contribution < 1.29 is 4.74 Å². The zero-order valence-corrected chi connectivity index (χ0v) is 14.1. The topological polar surface area (TPSA) is 58.5 Å². The molecule has 0 radical (unpaired) electrons. The summed E-state index contributed by atoms with van der Waals surface area (Å²) >= 11 is 0. The first-order chi connectivity index (χ1) is 8.76. The molecular formula is C13H23IN4O. The second kappa shape index (κ2) is 11.0. The van der Waals surface area contributed by atoms with Gasteiger partial charge in [-0.1, -0.05) is 6.07 Å². The fourth-order valence-electron chi connectivity index (χ4n) is 1.52. The smallest absolute Gasteiger partial charge is 0.191 e. The Labute approximate surface area is 132 Å². The molecule has 0 saturated carbocycles. The highest BCUT2D eigenvalue weighted by molar-refractivity contribution is 14.0. The summed E-state index contributed by atoms with van der Waals surface area (Å²) in [6, 6.07) is 5.99. The molecule has 0 saturated heterocycles. The van der Waals surface area contributed by atoms with Gasteiger partial charge >= 0.3 is 0 Å². The average Bonchev–Trinajstić information content (AvgIpc) is 2.38. The van der Waals surface area contributed by atoms with E-state index in [1.54, 1.807) is 14.2 Å². The number of halogens is 1. The first-order valence-corrected chi connectivity index (χ1v) is 6.12. The SMILES string of the molecule is CN=C(NCCCOC)NCc1cccc(C)n1.I. The fourth-order valence-corrected chi connectivity index (χ4v) is 1.52. The van der Waals surface area contributed by atoms with Crippen molar-refractivity contribution in [2.24, 2.45) is 4.99 Å². The number of aliphatic imine (C=N–C) groups is 1. The number of hydrogen-bond donors (Lipinski definition) is 2. The lowest BCUT2D eigenvalue weighted by molar-refractivity contribution is 0.195. The number of rotatable bonds is 6. The minimum Gasteiger partial charge on any atom is -0.385 e. The minimum atomic E-state index is 0. The van der Waals surface area contributed by atoms with Gasteiger partial charge in [0.05, 0.1) is 12.2 Å². The second-order valence-electron chi connectivity index (χ2n) is 3.97. The van der Waals surface area contributed by atoms with Crippen LogP contribution in [0.25, 0.3) is 0 Å². The lowest BCUT2D eigenvalue weighted by atomic mass is 10.3. The normalized spacial score (nSPS) is 10.8. The molecule has 0 bridgehead atoms. The molecule has 0 fully saturated rings. The first kappa shape index (κ1) is 18.1. The predicted molar refractivity (Wildman–Crippen MR) is 89.1 cm³/mol. The molecule has 0 aromatic carbocycles. The molecule has 1 aromatic rings. The van der Waals surface area contributed by atoms with Gasteiger partial charge < -0.3 is 15.4 Å². The van der Waals surface area contributed by atoms with Gasteiger partial charge in [0, 0.05) is 33.0 Å². The van der Waals surface area contributed by atoms with Crippen molar-refractivity contribution in [1.82, 2.24) is 15.6 Å². The van der Waals surface area contributed by atoms with E-state index in [2.05, 4.69) is 20.6 Å². The van der Waals surface area contributed by atoms with Gasteiger partial charge in [-0.2, -0.15) is 0 Å². The number of hydrogen-bond acceptors (Lipinski definition) is 3. The van der Waals surface area contributed by atoms with Gasteiger partial charge in [0.25, 0.3) is 0 Å². The molecule has 0 atom stereocenters. The van der Waals surface area contributed by atoms with Gasteiger partial charge in [0.1, 0.15) is 0 Å². The molecule has 1 rings (SSSR count). The quantitative estimate of drug-likeness (QED) is 0.343. The molecule has 5 nitrogen and oxygen atoms in total. The third-order valence-corrected chi connectivity index (χ3v) is 2.42. The van der Waals surface area contributed by atoms with Gasteiger partial charge in [-0.25, -0.2) is 0 Å². The predicted octanol–water partition coefficient (Wildman–Crippen LogP) is 1.71. The van der Waals surface area contributed by atoms with Gasteiger partial charge in [-0.05, 0) is 25.5 Å². The Balaban J connectivity index is 0.00000324. The van der Waals surface area contributed by atoms with Gasteiger partial charge in [0.15, 0.2) is 5.96 Å². The Morgan fingerprint density at radius 3 is 2.79 bits per heavy atom. The number of guanidine groups is 1. The third-order valence-electron chi connectivity index (χ3n) is 2.42. The van der Waals surface area contributed by atoms with Crippen LogP contribution in [-0.2, 0) is 11.3 Å². The van der Waals surface area contributed by atoms with E-state index in [1.807, 2.05) is 25.1 Å². The van der Waals surface area contributed by atoms with Crippen LogP contribution in [0.1, 0.15) is 17.8 Å². The minimum absolute atomic E-state index is 0. The summed E-state index contributed by atoms with van der Waals surface area (Å²) in [7, 11) is 3.46. The third kappa shape index (κ3) is 7.99. The number of aromatic nitrogens is 1. The molecule has 108 valence electrons. The van der Waals surface area contributed by atoms with Crippen molar-refractivity contribution in [2.45, 2.75) is 19.9 Å². The number of nitrogens with one attached hydrogen (secondary N) is 2. The van der Waals surface area contributed by atoms with E-state index >= 15 is 0 Å². The molecule has 0 aliphatic heterocycles. The molecule has 0 amide bonds. The maximum absolute atomic E-state index is 4.99. The lowest BCUT2D eigenvalue weighted by Crippen LogP contribution is -2.37. The van der Waals surface area contributed by atoms with E-state index in [1.165, 1.54) is 0 Å². The largest absolute Gasteiger partial charge is 0.385 e. The fraction of sp³-hybridized carbons (Fsp3) is 0.538. The molecule has 1 aromatic heterocycles. The highest BCUT2D eigenvalue weighted by Gasteiger charge is 1.98. The lowest BCUT2D eigenvalue weighted by Gasteiger charge is -2.11. The van der Waals surface area contributed by atoms with Gasteiger partial charge in [-0.3, -0.25) is 9.98 Å². The van der Waals surface area contributed by atoms with Crippen LogP contribution in [0.3, 0.4) is 0 Å². The first-order valence-electron chi connectivity index (χ1n) is 6.12. The summed E-state index contributed by atoms with van der Waals surface area (Å²) in [6.07, 6.45) is 0.958. The van der Waals surface area contributed by atoms with Crippen LogP contribution < -0.4 is 10.6 Å². The van der Waals surface area contributed by atoms with Gasteiger partial charge in [-0.15, -0.1) is 24.0 Å². The van der Waals surface area contributed by atoms with E-state index in [0.29, 0.717) is 6.54 Å². The zero-order valence-electron chi connectivity index (χ0n) is 11.8. The molecule has 0 aliphatic rings. The molecular weight excluding hydrogens is 355 g/mol. The highest BCUT2D eigenvalue weighted by atomic mass is 127. The maximum atomic E-state index is 4.99. The van der Waals surface area contributed by atoms with E-state index in [-0.39, 0.29) is 24.0 Å². The summed E-state index contributed by atoms with van der Waals surface area (Å²) < 4.78 is 4.99. The van der Waals surface area contributed by atoms with Crippen LogP contribution in [0.15, 0.2) is 23.2 Å².